The Hall–Kier alpha value is -2.67. The van der Waals surface area contributed by atoms with E-state index in [9.17, 15) is 9.59 Å². The second kappa shape index (κ2) is 9.43. The van der Waals surface area contributed by atoms with Crippen LogP contribution in [0.3, 0.4) is 0 Å². The van der Waals surface area contributed by atoms with Gasteiger partial charge in [0.1, 0.15) is 12.1 Å². The first-order chi connectivity index (χ1) is 14.3. The third-order valence-electron chi connectivity index (χ3n) is 5.26. The van der Waals surface area contributed by atoms with Crippen molar-refractivity contribution < 1.29 is 9.59 Å². The van der Waals surface area contributed by atoms with Crippen LogP contribution >= 0.6 is 11.3 Å². The second-order valence-electron chi connectivity index (χ2n) is 7.90. The number of likely N-dealkylation sites (tertiary alicyclic amines) is 1. The summed E-state index contributed by atoms with van der Waals surface area (Å²) >= 11 is 1.69. The summed E-state index contributed by atoms with van der Waals surface area (Å²) in [6, 6.07) is 7.40. The van der Waals surface area contributed by atoms with E-state index in [0.717, 1.165) is 33.9 Å². The number of hydrogen-bond donors (Lipinski definition) is 2. The monoisotopic (exact) mass is 426 g/mol. The fourth-order valence-corrected chi connectivity index (χ4v) is 4.79. The zero-order chi connectivity index (χ0) is 21.8. The van der Waals surface area contributed by atoms with Gasteiger partial charge in [0, 0.05) is 18.8 Å². The van der Waals surface area contributed by atoms with Crippen LogP contribution in [0, 0.1) is 13.8 Å². The van der Waals surface area contributed by atoms with Gasteiger partial charge < -0.3 is 15.5 Å². The molecule has 7 heteroatoms. The molecule has 0 aliphatic carbocycles. The number of hydrogen-bond acceptors (Lipinski definition) is 5. The lowest BCUT2D eigenvalue weighted by Crippen LogP contribution is -2.51. The molecule has 0 radical (unpaired) electrons. The summed E-state index contributed by atoms with van der Waals surface area (Å²) in [6.45, 7) is 12.5. The van der Waals surface area contributed by atoms with E-state index in [2.05, 4.69) is 34.3 Å². The van der Waals surface area contributed by atoms with Gasteiger partial charge >= 0.3 is 0 Å². The Balaban J connectivity index is 1.58. The van der Waals surface area contributed by atoms with Crippen molar-refractivity contribution in [3.05, 3.63) is 52.8 Å². The van der Waals surface area contributed by atoms with Crippen LogP contribution in [0.15, 0.2) is 36.5 Å². The molecule has 1 aliphatic heterocycles. The highest BCUT2D eigenvalue weighted by atomic mass is 32.1. The highest BCUT2D eigenvalue weighted by Gasteiger charge is 2.35. The highest BCUT2D eigenvalue weighted by molar-refractivity contribution is 7.15. The van der Waals surface area contributed by atoms with E-state index in [-0.39, 0.29) is 17.9 Å². The van der Waals surface area contributed by atoms with Gasteiger partial charge in [-0.3, -0.25) is 9.59 Å². The molecule has 1 saturated heterocycles. The molecule has 2 atom stereocenters. The first-order valence-electron chi connectivity index (χ1n) is 10.3. The SMILES string of the molecule is C=C(C)N[C@@H](C)C(=O)N1CCCC1C(=O)NCc1ccc(-c2sc(C)nc2C)cc1. The third-order valence-corrected chi connectivity index (χ3v) is 6.38. The summed E-state index contributed by atoms with van der Waals surface area (Å²) in [5, 5.41) is 7.10. The Kier molecular flexibility index (Phi) is 6.92. The number of amides is 2. The van der Waals surface area contributed by atoms with Gasteiger partial charge in [-0.15, -0.1) is 11.3 Å². The normalized spacial score (nSPS) is 16.9. The molecule has 3 rings (SSSR count). The van der Waals surface area contributed by atoms with Gasteiger partial charge in [0.25, 0.3) is 0 Å². The molecule has 1 aromatic carbocycles. The maximum absolute atomic E-state index is 12.8. The van der Waals surface area contributed by atoms with E-state index in [4.69, 9.17) is 0 Å². The smallest absolute Gasteiger partial charge is 0.245 e. The van der Waals surface area contributed by atoms with Gasteiger partial charge in [-0.1, -0.05) is 30.8 Å². The minimum atomic E-state index is -0.408. The first-order valence-corrected chi connectivity index (χ1v) is 11.1. The molecule has 1 aliphatic rings. The summed E-state index contributed by atoms with van der Waals surface area (Å²) < 4.78 is 0. The predicted octanol–water partition coefficient (Wildman–Crippen LogP) is 3.55. The summed E-state index contributed by atoms with van der Waals surface area (Å²) in [5.74, 6) is -0.156. The highest BCUT2D eigenvalue weighted by Crippen LogP contribution is 2.29. The van der Waals surface area contributed by atoms with E-state index in [1.54, 1.807) is 23.2 Å². The standard InChI is InChI=1S/C23H30N4O2S/c1-14(2)25-16(4)23(29)27-12-6-7-20(27)22(28)24-13-18-8-10-19(11-9-18)21-15(3)26-17(5)30-21/h8-11,16,20,25H,1,6-7,12-13H2,2-5H3,(H,24,28)/t16-,20?/m0/s1. The van der Waals surface area contributed by atoms with Crippen molar-refractivity contribution in [1.29, 1.82) is 0 Å². The van der Waals surface area contributed by atoms with Crippen molar-refractivity contribution in [3.63, 3.8) is 0 Å². The van der Waals surface area contributed by atoms with E-state index in [1.165, 1.54) is 4.88 Å². The number of aryl methyl sites for hydroxylation is 2. The molecule has 1 unspecified atom stereocenters. The molecule has 2 amide bonds. The van der Waals surface area contributed by atoms with Crippen LogP contribution in [-0.4, -0.2) is 40.3 Å². The van der Waals surface area contributed by atoms with Crippen LogP contribution < -0.4 is 10.6 Å². The van der Waals surface area contributed by atoms with Gasteiger partial charge in [0.15, 0.2) is 0 Å². The molecule has 1 aromatic heterocycles. The number of benzene rings is 1. The minimum Gasteiger partial charge on any atom is -0.378 e. The molecule has 0 bridgehead atoms. The molecular weight excluding hydrogens is 396 g/mol. The van der Waals surface area contributed by atoms with Gasteiger partial charge in [-0.05, 0) is 51.7 Å². The van der Waals surface area contributed by atoms with E-state index < -0.39 is 6.04 Å². The topological polar surface area (TPSA) is 74.3 Å². The van der Waals surface area contributed by atoms with Gasteiger partial charge in [0.05, 0.1) is 15.6 Å². The molecule has 2 heterocycles. The molecule has 160 valence electrons. The average Bonchev–Trinajstić information content (AvgIpc) is 3.31. The quantitative estimate of drug-likeness (QED) is 0.710. The Labute approximate surface area is 182 Å². The van der Waals surface area contributed by atoms with Crippen molar-refractivity contribution in [1.82, 2.24) is 20.5 Å². The number of aromatic nitrogens is 1. The van der Waals surface area contributed by atoms with Gasteiger partial charge in [-0.25, -0.2) is 4.98 Å². The maximum atomic E-state index is 12.8. The van der Waals surface area contributed by atoms with Crippen molar-refractivity contribution in [2.75, 3.05) is 6.54 Å². The number of allylic oxidation sites excluding steroid dienone is 1. The van der Waals surface area contributed by atoms with Crippen LogP contribution in [-0.2, 0) is 16.1 Å². The zero-order valence-corrected chi connectivity index (χ0v) is 18.9. The van der Waals surface area contributed by atoms with Crippen molar-refractivity contribution in [3.8, 4) is 10.4 Å². The molecule has 2 aromatic rings. The lowest BCUT2D eigenvalue weighted by molar-refractivity contribution is -0.139. The summed E-state index contributed by atoms with van der Waals surface area (Å²) in [7, 11) is 0. The number of carbonyl (C=O) groups excluding carboxylic acids is 2. The lowest BCUT2D eigenvalue weighted by atomic mass is 10.1. The van der Waals surface area contributed by atoms with Gasteiger partial charge in [-0.2, -0.15) is 0 Å². The second-order valence-corrected chi connectivity index (χ2v) is 9.10. The fraction of sp³-hybridized carbons (Fsp3) is 0.435. The van der Waals surface area contributed by atoms with Crippen molar-refractivity contribution in [2.45, 2.75) is 59.2 Å². The molecule has 0 spiro atoms. The van der Waals surface area contributed by atoms with Crippen LogP contribution in [0.25, 0.3) is 10.4 Å². The summed E-state index contributed by atoms with van der Waals surface area (Å²) in [4.78, 5) is 32.8. The Morgan fingerprint density at radius 3 is 2.60 bits per heavy atom. The molecule has 30 heavy (non-hydrogen) atoms. The zero-order valence-electron chi connectivity index (χ0n) is 18.1. The molecule has 2 N–H and O–H groups in total. The Bertz CT molecular complexity index is 935. The summed E-state index contributed by atoms with van der Waals surface area (Å²) in [5.41, 5.74) is 3.95. The Morgan fingerprint density at radius 2 is 2.00 bits per heavy atom. The van der Waals surface area contributed by atoms with E-state index >= 15 is 0 Å². The fourth-order valence-electron chi connectivity index (χ4n) is 3.86. The number of nitrogens with one attached hydrogen (secondary N) is 2. The Morgan fingerprint density at radius 1 is 1.30 bits per heavy atom. The van der Waals surface area contributed by atoms with Crippen LogP contribution in [0.5, 0.6) is 0 Å². The average molecular weight is 427 g/mol. The third kappa shape index (κ3) is 5.08. The van der Waals surface area contributed by atoms with Gasteiger partial charge in [0.2, 0.25) is 11.8 Å². The number of carbonyl (C=O) groups is 2. The van der Waals surface area contributed by atoms with Crippen molar-refractivity contribution in [2.24, 2.45) is 0 Å². The first kappa shape index (κ1) is 22.0. The van der Waals surface area contributed by atoms with Crippen LogP contribution in [0.2, 0.25) is 0 Å². The largest absolute Gasteiger partial charge is 0.378 e. The van der Waals surface area contributed by atoms with E-state index in [0.29, 0.717) is 19.5 Å². The minimum absolute atomic E-state index is 0.0600. The number of nitrogens with zero attached hydrogens (tertiary/aromatic N) is 2. The molecule has 0 saturated carbocycles. The number of thiazole rings is 1. The predicted molar refractivity (Wildman–Crippen MR) is 121 cm³/mol. The maximum Gasteiger partial charge on any atom is 0.245 e. The molecule has 6 nitrogen and oxygen atoms in total. The lowest BCUT2D eigenvalue weighted by Gasteiger charge is -2.27. The van der Waals surface area contributed by atoms with Crippen LogP contribution in [0.4, 0.5) is 0 Å². The van der Waals surface area contributed by atoms with Crippen LogP contribution in [0.1, 0.15) is 43.0 Å². The molecular formula is C23H30N4O2S. The molecule has 1 fully saturated rings. The van der Waals surface area contributed by atoms with Crippen molar-refractivity contribution >= 4 is 23.2 Å². The summed E-state index contributed by atoms with van der Waals surface area (Å²) in [6.07, 6.45) is 1.53. The van der Waals surface area contributed by atoms with E-state index in [1.807, 2.05) is 32.9 Å². The number of rotatable bonds is 7.